The summed E-state index contributed by atoms with van der Waals surface area (Å²) < 4.78 is 15.2. The summed E-state index contributed by atoms with van der Waals surface area (Å²) in [7, 11) is 1.86. The van der Waals surface area contributed by atoms with E-state index in [4.69, 9.17) is 0 Å². The molecule has 1 aromatic carbocycles. The van der Waals surface area contributed by atoms with Gasteiger partial charge in [0.25, 0.3) is 0 Å². The molecule has 16 heavy (non-hydrogen) atoms. The van der Waals surface area contributed by atoms with Crippen molar-refractivity contribution in [2.24, 2.45) is 7.05 Å². The fourth-order valence-electron chi connectivity index (χ4n) is 1.51. The van der Waals surface area contributed by atoms with Crippen molar-refractivity contribution in [1.82, 2.24) is 9.78 Å². The highest BCUT2D eigenvalue weighted by atomic mass is 19.1. The third-order valence-electron chi connectivity index (χ3n) is 2.35. The lowest BCUT2D eigenvalue weighted by Gasteiger charge is -2.06. The number of rotatable bonds is 3. The Morgan fingerprint density at radius 3 is 2.81 bits per heavy atom. The van der Waals surface area contributed by atoms with Gasteiger partial charge in [0, 0.05) is 13.2 Å². The van der Waals surface area contributed by atoms with E-state index in [2.05, 4.69) is 10.4 Å². The molecule has 0 saturated carbocycles. The van der Waals surface area contributed by atoms with E-state index in [1.54, 1.807) is 10.7 Å². The van der Waals surface area contributed by atoms with Crippen LogP contribution in [0.25, 0.3) is 0 Å². The van der Waals surface area contributed by atoms with E-state index in [0.717, 1.165) is 11.3 Å². The first-order valence-corrected chi connectivity index (χ1v) is 5.14. The molecule has 2 rings (SSSR count). The zero-order valence-electron chi connectivity index (χ0n) is 9.37. The molecule has 1 heterocycles. The number of nitrogens with one attached hydrogen (secondary N) is 1. The summed E-state index contributed by atoms with van der Waals surface area (Å²) in [6.45, 7) is 2.40. The Hall–Kier alpha value is -1.84. The third kappa shape index (κ3) is 2.39. The van der Waals surface area contributed by atoms with E-state index in [0.29, 0.717) is 12.2 Å². The highest BCUT2D eigenvalue weighted by Gasteiger charge is 2.02. The number of hydrogen-bond acceptors (Lipinski definition) is 2. The van der Waals surface area contributed by atoms with Crippen molar-refractivity contribution in [3.63, 3.8) is 0 Å². The number of nitrogens with zero attached hydrogens (tertiary/aromatic N) is 2. The van der Waals surface area contributed by atoms with Crippen LogP contribution in [0.4, 0.5) is 10.1 Å². The smallest absolute Gasteiger partial charge is 0.146 e. The van der Waals surface area contributed by atoms with Crippen LogP contribution in [0.2, 0.25) is 0 Å². The van der Waals surface area contributed by atoms with Gasteiger partial charge in [-0.2, -0.15) is 5.10 Å². The molecule has 0 aliphatic carbocycles. The van der Waals surface area contributed by atoms with Crippen LogP contribution in [0.15, 0.2) is 30.5 Å². The SMILES string of the molecule is Cc1ccc(NCc2ccn(C)n2)c(F)c1. The molecule has 0 atom stereocenters. The number of hydrogen-bond donors (Lipinski definition) is 1. The Balaban J connectivity index is 2.04. The molecule has 2 aromatic rings. The van der Waals surface area contributed by atoms with Crippen LogP contribution in [0.3, 0.4) is 0 Å². The molecule has 1 aromatic heterocycles. The van der Waals surface area contributed by atoms with E-state index in [-0.39, 0.29) is 5.82 Å². The van der Waals surface area contributed by atoms with Gasteiger partial charge in [0.1, 0.15) is 5.82 Å². The maximum atomic E-state index is 13.5. The minimum Gasteiger partial charge on any atom is -0.377 e. The topological polar surface area (TPSA) is 29.9 Å². The van der Waals surface area contributed by atoms with Gasteiger partial charge in [-0.05, 0) is 30.7 Å². The summed E-state index contributed by atoms with van der Waals surface area (Å²) in [5, 5.41) is 7.22. The standard InChI is InChI=1S/C12H14FN3/c1-9-3-4-12(11(13)7-9)14-8-10-5-6-16(2)15-10/h3-7,14H,8H2,1-2H3. The fourth-order valence-corrected chi connectivity index (χ4v) is 1.51. The van der Waals surface area contributed by atoms with Gasteiger partial charge in [-0.1, -0.05) is 6.07 Å². The van der Waals surface area contributed by atoms with Crippen LogP contribution in [0, 0.1) is 12.7 Å². The Bertz CT molecular complexity index is 491. The van der Waals surface area contributed by atoms with Gasteiger partial charge in [-0.25, -0.2) is 4.39 Å². The monoisotopic (exact) mass is 219 g/mol. The molecule has 1 N–H and O–H groups in total. The zero-order valence-corrected chi connectivity index (χ0v) is 9.37. The Kier molecular flexibility index (Phi) is 2.90. The van der Waals surface area contributed by atoms with Crippen LogP contribution in [-0.2, 0) is 13.6 Å². The molecule has 84 valence electrons. The molecule has 0 saturated heterocycles. The number of halogens is 1. The summed E-state index contributed by atoms with van der Waals surface area (Å²) in [5.41, 5.74) is 2.32. The molecule has 0 bridgehead atoms. The van der Waals surface area contributed by atoms with Crippen molar-refractivity contribution in [2.75, 3.05) is 5.32 Å². The van der Waals surface area contributed by atoms with Crippen molar-refractivity contribution in [1.29, 1.82) is 0 Å². The molecule has 0 aliphatic heterocycles. The first kappa shape index (κ1) is 10.7. The number of benzene rings is 1. The van der Waals surface area contributed by atoms with Crippen molar-refractivity contribution >= 4 is 5.69 Å². The van der Waals surface area contributed by atoms with Crippen LogP contribution < -0.4 is 5.32 Å². The molecule has 0 spiro atoms. The minimum atomic E-state index is -0.226. The molecule has 3 nitrogen and oxygen atoms in total. The molecule has 0 amide bonds. The Labute approximate surface area is 93.9 Å². The van der Waals surface area contributed by atoms with E-state index < -0.39 is 0 Å². The lowest BCUT2D eigenvalue weighted by molar-refractivity contribution is 0.628. The summed E-state index contributed by atoms with van der Waals surface area (Å²) in [6, 6.07) is 7.04. The van der Waals surface area contributed by atoms with Gasteiger partial charge >= 0.3 is 0 Å². The number of aryl methyl sites for hydroxylation is 2. The van der Waals surface area contributed by atoms with E-state index in [1.165, 1.54) is 6.07 Å². The summed E-state index contributed by atoms with van der Waals surface area (Å²) in [5.74, 6) is -0.226. The van der Waals surface area contributed by atoms with Gasteiger partial charge in [0.05, 0.1) is 17.9 Å². The van der Waals surface area contributed by atoms with Gasteiger partial charge < -0.3 is 5.32 Å². The second kappa shape index (κ2) is 4.35. The Morgan fingerprint density at radius 2 is 2.19 bits per heavy atom. The number of aromatic nitrogens is 2. The van der Waals surface area contributed by atoms with Gasteiger partial charge in [0.15, 0.2) is 0 Å². The van der Waals surface area contributed by atoms with Gasteiger partial charge in [0.2, 0.25) is 0 Å². The van der Waals surface area contributed by atoms with E-state index in [9.17, 15) is 4.39 Å². The molecular formula is C12H14FN3. The van der Waals surface area contributed by atoms with Crippen LogP contribution in [-0.4, -0.2) is 9.78 Å². The molecule has 0 radical (unpaired) electrons. The quantitative estimate of drug-likeness (QED) is 0.859. The lowest BCUT2D eigenvalue weighted by atomic mass is 10.2. The van der Waals surface area contributed by atoms with Crippen LogP contribution in [0.1, 0.15) is 11.3 Å². The molecule has 0 unspecified atom stereocenters. The average molecular weight is 219 g/mol. The van der Waals surface area contributed by atoms with E-state index >= 15 is 0 Å². The highest BCUT2D eigenvalue weighted by Crippen LogP contribution is 2.15. The Morgan fingerprint density at radius 1 is 1.38 bits per heavy atom. The van der Waals surface area contributed by atoms with Crippen molar-refractivity contribution in [3.8, 4) is 0 Å². The maximum absolute atomic E-state index is 13.5. The zero-order chi connectivity index (χ0) is 11.5. The van der Waals surface area contributed by atoms with Gasteiger partial charge in [-0.3, -0.25) is 4.68 Å². The van der Waals surface area contributed by atoms with Crippen molar-refractivity contribution in [2.45, 2.75) is 13.5 Å². The molecule has 4 heteroatoms. The van der Waals surface area contributed by atoms with Crippen molar-refractivity contribution < 1.29 is 4.39 Å². The summed E-state index contributed by atoms with van der Waals surface area (Å²) in [6.07, 6.45) is 1.86. The van der Waals surface area contributed by atoms with Gasteiger partial charge in [-0.15, -0.1) is 0 Å². The average Bonchev–Trinajstić information content (AvgIpc) is 2.63. The number of anilines is 1. The first-order chi connectivity index (χ1) is 7.65. The maximum Gasteiger partial charge on any atom is 0.146 e. The van der Waals surface area contributed by atoms with Crippen LogP contribution in [0.5, 0.6) is 0 Å². The molecule has 0 aliphatic rings. The first-order valence-electron chi connectivity index (χ1n) is 5.14. The van der Waals surface area contributed by atoms with Crippen LogP contribution >= 0.6 is 0 Å². The van der Waals surface area contributed by atoms with Crippen molar-refractivity contribution in [3.05, 3.63) is 47.5 Å². The summed E-state index contributed by atoms with van der Waals surface area (Å²) >= 11 is 0. The molecular weight excluding hydrogens is 205 g/mol. The van der Waals surface area contributed by atoms with E-state index in [1.807, 2.05) is 32.3 Å². The fraction of sp³-hybridized carbons (Fsp3) is 0.250. The predicted octanol–water partition coefficient (Wildman–Crippen LogP) is 2.48. The second-order valence-electron chi connectivity index (χ2n) is 3.82. The lowest BCUT2D eigenvalue weighted by Crippen LogP contribution is -2.03. The highest BCUT2D eigenvalue weighted by molar-refractivity contribution is 5.46. The summed E-state index contributed by atoms with van der Waals surface area (Å²) in [4.78, 5) is 0. The molecule has 0 fully saturated rings. The minimum absolute atomic E-state index is 0.226. The second-order valence-corrected chi connectivity index (χ2v) is 3.82. The normalized spacial score (nSPS) is 10.4. The largest absolute Gasteiger partial charge is 0.377 e. The third-order valence-corrected chi connectivity index (χ3v) is 2.35. The predicted molar refractivity (Wildman–Crippen MR) is 61.7 cm³/mol.